The van der Waals surface area contributed by atoms with Crippen LogP contribution in [0.3, 0.4) is 0 Å². The van der Waals surface area contributed by atoms with E-state index in [4.69, 9.17) is 10.2 Å². The monoisotopic (exact) mass is 138 g/mol. The second-order valence-corrected chi connectivity index (χ2v) is 1.65. The maximum absolute atomic E-state index is 8.77. The van der Waals surface area contributed by atoms with Crippen molar-refractivity contribution in [3.63, 3.8) is 0 Å². The Hall–Kier alpha value is -1.04. The average Bonchev–Trinajstić information content (AvgIpc) is 1.99. The van der Waals surface area contributed by atoms with Crippen molar-refractivity contribution in [2.75, 3.05) is 0 Å². The minimum absolute atomic E-state index is 0.866. The lowest BCUT2D eigenvalue weighted by Gasteiger charge is -1.92. The Bertz CT molecular complexity index is 155. The molecule has 0 saturated carbocycles. The third-order valence-corrected chi connectivity index (χ3v) is 0.826. The number of hydrogen-bond donors (Lipinski definition) is 2. The summed E-state index contributed by atoms with van der Waals surface area (Å²) in [6, 6.07) is 0. The molecule has 0 aromatic heterocycles. The Labute approximate surface area is 60.5 Å². The van der Waals surface area contributed by atoms with E-state index in [9.17, 15) is 0 Å². The summed E-state index contributed by atoms with van der Waals surface area (Å²) in [6.07, 6.45) is 0.829. The van der Waals surface area contributed by atoms with Crippen LogP contribution in [0.4, 0.5) is 0 Å². The number of hydrogen-bond acceptors (Lipinski definition) is 2. The maximum Gasteiger partial charge on any atom is 0.133 e. The summed E-state index contributed by atoms with van der Waals surface area (Å²) < 4.78 is 0. The van der Waals surface area contributed by atoms with Gasteiger partial charge in [0, 0.05) is 0 Å². The molecule has 54 valence electrons. The van der Waals surface area contributed by atoms with Crippen LogP contribution in [-0.4, -0.2) is 22.4 Å². The molecule has 2 heteroatoms. The van der Waals surface area contributed by atoms with E-state index in [1.54, 1.807) is 0 Å². The summed E-state index contributed by atoms with van der Waals surface area (Å²) in [7, 11) is 0. The second kappa shape index (κ2) is 4.80. The van der Waals surface area contributed by atoms with Crippen molar-refractivity contribution in [3.8, 4) is 11.8 Å². The van der Waals surface area contributed by atoms with Gasteiger partial charge in [-0.05, 0) is 0 Å². The van der Waals surface area contributed by atoms with E-state index in [-0.39, 0.29) is 0 Å². The quantitative estimate of drug-likeness (QED) is 0.419. The van der Waals surface area contributed by atoms with Crippen LogP contribution >= 0.6 is 0 Å². The topological polar surface area (TPSA) is 40.5 Å². The third-order valence-electron chi connectivity index (χ3n) is 0.826. The molecule has 0 rings (SSSR count). The molecule has 0 aromatic carbocycles. The van der Waals surface area contributed by atoms with Crippen molar-refractivity contribution in [3.05, 3.63) is 25.3 Å². The van der Waals surface area contributed by atoms with E-state index in [0.717, 1.165) is 0 Å². The molecular weight excluding hydrogens is 128 g/mol. The molecule has 0 bridgehead atoms. The SMILES string of the molecule is C=CC(O)C#CC(O)C=C. The number of rotatable bonds is 2. The van der Waals surface area contributed by atoms with Crippen LogP contribution in [0, 0.1) is 11.8 Å². The van der Waals surface area contributed by atoms with Gasteiger partial charge in [0.15, 0.2) is 0 Å². The molecule has 0 heterocycles. The van der Waals surface area contributed by atoms with Crippen LogP contribution < -0.4 is 0 Å². The van der Waals surface area contributed by atoms with E-state index in [0.29, 0.717) is 0 Å². The Morgan fingerprint density at radius 1 is 1.00 bits per heavy atom. The van der Waals surface area contributed by atoms with Crippen LogP contribution in [0.2, 0.25) is 0 Å². The van der Waals surface area contributed by atoms with Gasteiger partial charge >= 0.3 is 0 Å². The van der Waals surface area contributed by atoms with Gasteiger partial charge in [0.05, 0.1) is 0 Å². The first-order valence-corrected chi connectivity index (χ1v) is 2.83. The maximum atomic E-state index is 8.77. The zero-order valence-corrected chi connectivity index (χ0v) is 5.62. The molecule has 0 fully saturated rings. The van der Waals surface area contributed by atoms with Crippen LogP contribution in [0.15, 0.2) is 25.3 Å². The smallest absolute Gasteiger partial charge is 0.133 e. The molecule has 0 radical (unpaired) electrons. The summed E-state index contributed by atoms with van der Waals surface area (Å²) >= 11 is 0. The molecule has 2 unspecified atom stereocenters. The minimum Gasteiger partial charge on any atom is -0.377 e. The molecule has 0 aliphatic rings. The second-order valence-electron chi connectivity index (χ2n) is 1.65. The molecule has 0 aliphatic carbocycles. The van der Waals surface area contributed by atoms with Crippen LogP contribution in [-0.2, 0) is 0 Å². The fourth-order valence-electron chi connectivity index (χ4n) is 0.289. The van der Waals surface area contributed by atoms with Gasteiger partial charge in [0.1, 0.15) is 12.2 Å². The third kappa shape index (κ3) is 3.90. The fourth-order valence-corrected chi connectivity index (χ4v) is 0.289. The highest BCUT2D eigenvalue weighted by molar-refractivity contribution is 5.16. The highest BCUT2D eigenvalue weighted by Crippen LogP contribution is 1.82. The largest absolute Gasteiger partial charge is 0.377 e. The van der Waals surface area contributed by atoms with Crippen molar-refractivity contribution >= 4 is 0 Å². The average molecular weight is 138 g/mol. The standard InChI is InChI=1S/C8H10O2/c1-3-7(9)5-6-8(10)4-2/h3-4,7-10H,1-2H2. The number of aliphatic hydroxyl groups is 2. The van der Waals surface area contributed by atoms with Crippen LogP contribution in [0.25, 0.3) is 0 Å². The zero-order valence-electron chi connectivity index (χ0n) is 5.62. The summed E-state index contributed by atoms with van der Waals surface area (Å²) in [6.45, 7) is 6.61. The summed E-state index contributed by atoms with van der Waals surface area (Å²) in [5, 5.41) is 17.5. The molecular formula is C8H10O2. The highest BCUT2D eigenvalue weighted by Gasteiger charge is 1.90. The molecule has 0 aromatic rings. The van der Waals surface area contributed by atoms with E-state index in [1.165, 1.54) is 12.2 Å². The van der Waals surface area contributed by atoms with Crippen molar-refractivity contribution in [1.29, 1.82) is 0 Å². The van der Waals surface area contributed by atoms with Crippen LogP contribution in [0.5, 0.6) is 0 Å². The van der Waals surface area contributed by atoms with E-state index in [2.05, 4.69) is 25.0 Å². The van der Waals surface area contributed by atoms with Crippen molar-refractivity contribution in [2.45, 2.75) is 12.2 Å². The van der Waals surface area contributed by atoms with Gasteiger partial charge in [-0.1, -0.05) is 37.2 Å². The lowest BCUT2D eigenvalue weighted by molar-refractivity contribution is 0.271. The molecule has 0 aliphatic heterocycles. The first kappa shape index (κ1) is 8.96. The predicted molar refractivity (Wildman–Crippen MR) is 40.2 cm³/mol. The summed E-state index contributed by atoms with van der Waals surface area (Å²) in [5.41, 5.74) is 0. The van der Waals surface area contributed by atoms with Crippen molar-refractivity contribution in [2.24, 2.45) is 0 Å². The minimum atomic E-state index is -0.866. The Kier molecular flexibility index (Phi) is 4.30. The lowest BCUT2D eigenvalue weighted by Crippen LogP contribution is -2.00. The first-order chi connectivity index (χ1) is 4.70. The molecule has 2 nitrogen and oxygen atoms in total. The highest BCUT2D eigenvalue weighted by atomic mass is 16.3. The molecule has 0 amide bonds. The van der Waals surface area contributed by atoms with Gasteiger partial charge in [-0.25, -0.2) is 0 Å². The van der Waals surface area contributed by atoms with Gasteiger partial charge in [0.25, 0.3) is 0 Å². The molecule has 0 spiro atoms. The zero-order chi connectivity index (χ0) is 7.98. The van der Waals surface area contributed by atoms with E-state index < -0.39 is 12.2 Å². The molecule has 2 atom stereocenters. The van der Waals surface area contributed by atoms with Gasteiger partial charge in [0.2, 0.25) is 0 Å². The fraction of sp³-hybridized carbons (Fsp3) is 0.250. The molecule has 10 heavy (non-hydrogen) atoms. The normalized spacial score (nSPS) is 14.2. The number of aliphatic hydroxyl groups excluding tert-OH is 2. The van der Waals surface area contributed by atoms with E-state index >= 15 is 0 Å². The lowest BCUT2D eigenvalue weighted by atomic mass is 10.3. The summed E-state index contributed by atoms with van der Waals surface area (Å²) in [5.74, 6) is 4.70. The van der Waals surface area contributed by atoms with Crippen molar-refractivity contribution < 1.29 is 10.2 Å². The van der Waals surface area contributed by atoms with Gasteiger partial charge < -0.3 is 10.2 Å². The van der Waals surface area contributed by atoms with Crippen LogP contribution in [0.1, 0.15) is 0 Å². The predicted octanol–water partition coefficient (Wildman–Crippen LogP) is 0.0836. The van der Waals surface area contributed by atoms with Crippen molar-refractivity contribution in [1.82, 2.24) is 0 Å². The Morgan fingerprint density at radius 3 is 1.50 bits per heavy atom. The Morgan fingerprint density at radius 2 is 1.30 bits per heavy atom. The summed E-state index contributed by atoms with van der Waals surface area (Å²) in [4.78, 5) is 0. The van der Waals surface area contributed by atoms with Gasteiger partial charge in [-0.3, -0.25) is 0 Å². The van der Waals surface area contributed by atoms with Gasteiger partial charge in [-0.2, -0.15) is 0 Å². The first-order valence-electron chi connectivity index (χ1n) is 2.83. The Balaban J connectivity index is 3.88. The molecule has 0 saturated heterocycles. The molecule has 2 N–H and O–H groups in total. The van der Waals surface area contributed by atoms with Gasteiger partial charge in [-0.15, -0.1) is 0 Å². The van der Waals surface area contributed by atoms with E-state index in [1.807, 2.05) is 0 Å².